The van der Waals surface area contributed by atoms with Gasteiger partial charge in [0.25, 0.3) is 0 Å². The van der Waals surface area contributed by atoms with E-state index in [0.717, 1.165) is 0 Å². The summed E-state index contributed by atoms with van der Waals surface area (Å²) in [6.07, 6.45) is -4.00. The molecule has 0 aromatic heterocycles. The molecule has 0 amide bonds. The van der Waals surface area contributed by atoms with Crippen molar-refractivity contribution in [2.75, 3.05) is 0 Å². The fourth-order valence-corrected chi connectivity index (χ4v) is 0. The van der Waals surface area contributed by atoms with E-state index >= 15 is 0 Å². The van der Waals surface area contributed by atoms with Crippen LogP contribution in [-0.2, 0) is 44.8 Å². The molecule has 0 N–H and O–H groups in total. The standard InChI is InChI=1S/C2H3F3.2CF3.4CH3.2Au/c1-2(3,4)5;2*2-1(3)4;;;;;;/h1H3;;;4*1H3;;/q;6*-1;;. The molecule has 0 fully saturated rings. The Kier molecular flexibility index (Phi) is 115. The summed E-state index contributed by atoms with van der Waals surface area (Å²) >= 11 is 0. The van der Waals surface area contributed by atoms with Crippen molar-refractivity contribution in [3.8, 4) is 0 Å². The zero-order valence-electron chi connectivity index (χ0n) is 10.5. The van der Waals surface area contributed by atoms with Crippen molar-refractivity contribution >= 4 is 0 Å². The first-order valence-electron chi connectivity index (χ1n) is 2.20. The molecule has 0 atom stereocenters. The molecule has 0 aliphatic heterocycles. The summed E-state index contributed by atoms with van der Waals surface area (Å²) in [4.78, 5) is 0. The molecule has 0 saturated heterocycles. The third-order valence-electron chi connectivity index (χ3n) is 0. The summed E-state index contributed by atoms with van der Waals surface area (Å²) in [5.41, 5.74) is 0. The molecule has 0 saturated carbocycles. The minimum absolute atomic E-state index is 0. The predicted octanol–water partition coefficient (Wildman–Crippen LogP) is 6.05. The van der Waals surface area contributed by atoms with Gasteiger partial charge in [0.05, 0.1) is 0 Å². The number of hydrogen-bond acceptors (Lipinski definition) is 0. The van der Waals surface area contributed by atoms with Crippen molar-refractivity contribution < 1.29 is 84.3 Å². The van der Waals surface area contributed by atoms with Gasteiger partial charge in [0.15, 0.2) is 13.4 Å². The first-order valence-corrected chi connectivity index (χ1v) is 2.20. The number of halogens is 9. The van der Waals surface area contributed by atoms with Gasteiger partial charge in [0.1, 0.15) is 0 Å². The summed E-state index contributed by atoms with van der Waals surface area (Å²) in [6.45, 7) is -5.98. The molecule has 0 heterocycles. The van der Waals surface area contributed by atoms with Crippen molar-refractivity contribution in [1.29, 1.82) is 0 Å². The zero-order chi connectivity index (χ0) is 11.7. The maximum Gasteiger partial charge on any atom is 0.386 e. The van der Waals surface area contributed by atoms with Crippen LogP contribution in [0.3, 0.4) is 0 Å². The Morgan fingerprint density at radius 3 is 0.579 bits per heavy atom. The van der Waals surface area contributed by atoms with Crippen LogP contribution in [-0.4, -0.2) is 6.18 Å². The minimum atomic E-state index is -4.00. The average Bonchev–Trinajstić information content (AvgIpc) is 1.50. The third kappa shape index (κ3) is 7400. The molecule has 19 heavy (non-hydrogen) atoms. The number of hydrogen-bond donors (Lipinski definition) is 0. The summed E-state index contributed by atoms with van der Waals surface area (Å²) in [5.74, 6) is 0. The van der Waals surface area contributed by atoms with E-state index in [2.05, 4.69) is 0 Å². The van der Waals surface area contributed by atoms with Gasteiger partial charge in [-0.05, 0) is 0 Å². The summed E-state index contributed by atoms with van der Waals surface area (Å²) < 4.78 is 88.6. The summed E-state index contributed by atoms with van der Waals surface area (Å²) in [5, 5.41) is 0. The van der Waals surface area contributed by atoms with Crippen LogP contribution < -0.4 is 0 Å². The molecule has 2 radical (unpaired) electrons. The molecular weight excluding hydrogens is 661 g/mol. The Hall–Kier alpha value is 0.851. The van der Waals surface area contributed by atoms with Gasteiger partial charge < -0.3 is 56.0 Å². The molecule has 0 spiro atoms. The Morgan fingerprint density at radius 2 is 0.579 bits per heavy atom. The predicted molar refractivity (Wildman–Crippen MR) is 50.5 cm³/mol. The molecule has 0 rings (SSSR count). The van der Waals surface area contributed by atoms with Gasteiger partial charge in [-0.25, -0.2) is 0 Å². The van der Waals surface area contributed by atoms with Crippen LogP contribution in [0.15, 0.2) is 0 Å². The van der Waals surface area contributed by atoms with Crippen LogP contribution in [0.4, 0.5) is 39.5 Å². The second kappa shape index (κ2) is 36.4. The van der Waals surface area contributed by atoms with Gasteiger partial charge in [-0.15, -0.1) is 0 Å². The van der Waals surface area contributed by atoms with Crippen LogP contribution in [0.2, 0.25) is 0 Å². The molecule has 0 unspecified atom stereocenters. The zero-order valence-corrected chi connectivity index (χ0v) is 14.8. The first kappa shape index (κ1) is 59.9. The van der Waals surface area contributed by atoms with E-state index < -0.39 is 19.5 Å². The molecule has 0 aromatic rings. The quantitative estimate of drug-likeness (QED) is 0.167. The summed E-state index contributed by atoms with van der Waals surface area (Å²) in [6, 6.07) is 0. The number of rotatable bonds is 0. The monoisotopic (exact) mass is 676 g/mol. The second-order valence-corrected chi connectivity index (χ2v) is 1.21. The topological polar surface area (TPSA) is 0 Å². The van der Waals surface area contributed by atoms with E-state index in [1.54, 1.807) is 0 Å². The number of alkyl halides is 3. The van der Waals surface area contributed by atoms with Gasteiger partial charge in [0, 0.05) is 51.7 Å². The molecule has 0 aliphatic carbocycles. The fourth-order valence-electron chi connectivity index (χ4n) is 0. The Labute approximate surface area is 140 Å². The molecule has 0 aliphatic rings. The normalized spacial score (nSPS) is 6.95. The van der Waals surface area contributed by atoms with Crippen molar-refractivity contribution in [1.82, 2.24) is 0 Å². The first-order chi connectivity index (χ1) is 5.46. The van der Waals surface area contributed by atoms with Gasteiger partial charge in [-0.3, -0.25) is 0 Å². The SMILES string of the molecule is CC(F)(F)F.F[C-](F)F.F[C-](F)F.[Au].[Au].[CH3-].[CH3-].[CH3-].[CH3-]. The van der Waals surface area contributed by atoms with Crippen LogP contribution in [0.1, 0.15) is 6.92 Å². The van der Waals surface area contributed by atoms with E-state index in [-0.39, 0.29) is 81.4 Å². The Balaban J connectivity index is -0.00000000980. The largest absolute Gasteiger partial charge is 0.386 e. The smallest absolute Gasteiger partial charge is 0.385 e. The maximum atomic E-state index is 10.4. The van der Waals surface area contributed by atoms with Gasteiger partial charge in [-0.2, -0.15) is 13.2 Å². The van der Waals surface area contributed by atoms with E-state index in [4.69, 9.17) is 0 Å². The van der Waals surface area contributed by atoms with E-state index in [1.807, 2.05) is 0 Å². The summed E-state index contributed by atoms with van der Waals surface area (Å²) in [7, 11) is 0. The van der Waals surface area contributed by atoms with Crippen molar-refractivity contribution in [2.24, 2.45) is 0 Å². The van der Waals surface area contributed by atoms with Crippen molar-refractivity contribution in [3.05, 3.63) is 43.1 Å². The third-order valence-corrected chi connectivity index (χ3v) is 0. The maximum absolute atomic E-state index is 10.4. The van der Waals surface area contributed by atoms with Crippen molar-refractivity contribution in [2.45, 2.75) is 13.1 Å². The second-order valence-electron chi connectivity index (χ2n) is 1.21. The minimum Gasteiger partial charge on any atom is -0.385 e. The Morgan fingerprint density at radius 1 is 0.579 bits per heavy atom. The van der Waals surface area contributed by atoms with Crippen LogP contribution >= 0.6 is 0 Å². The van der Waals surface area contributed by atoms with Crippen LogP contribution in [0.25, 0.3) is 0 Å². The molecule has 138 valence electrons. The molecule has 0 nitrogen and oxygen atoms in total. The van der Waals surface area contributed by atoms with Crippen LogP contribution in [0, 0.1) is 43.1 Å². The van der Waals surface area contributed by atoms with Gasteiger partial charge >= 0.3 is 6.18 Å². The van der Waals surface area contributed by atoms with Crippen molar-refractivity contribution in [3.63, 3.8) is 0 Å². The fraction of sp³-hybridized carbons (Fsp3) is 0.250. The van der Waals surface area contributed by atoms with Gasteiger partial charge in [-0.1, -0.05) is 0 Å². The van der Waals surface area contributed by atoms with Crippen LogP contribution in [0.5, 0.6) is 0 Å². The average molecular weight is 676 g/mol. The van der Waals surface area contributed by atoms with E-state index in [1.165, 1.54) is 0 Å². The molecule has 0 bridgehead atoms. The van der Waals surface area contributed by atoms with E-state index in [9.17, 15) is 39.5 Å². The van der Waals surface area contributed by atoms with Gasteiger partial charge in [0.2, 0.25) is 0 Å². The molecular formula is C8H15Au2F9-6. The molecule has 0 aromatic carbocycles. The Bertz CT molecular complexity index is 81.2. The molecule has 11 heteroatoms. The van der Waals surface area contributed by atoms with E-state index in [0.29, 0.717) is 0 Å².